The molecule has 15 heavy (non-hydrogen) atoms. The molecule has 0 aromatic carbocycles. The first-order valence-electron chi connectivity index (χ1n) is 5.72. The first-order valence-corrected chi connectivity index (χ1v) is 6.10. The number of nitrogens with zero attached hydrogens (tertiary/aromatic N) is 3. The van der Waals surface area contributed by atoms with Gasteiger partial charge in [-0.2, -0.15) is 0 Å². The van der Waals surface area contributed by atoms with Crippen LogP contribution >= 0.6 is 11.6 Å². The maximum absolute atomic E-state index is 6.05. The number of aromatic nitrogens is 3. The number of halogens is 1. The summed E-state index contributed by atoms with van der Waals surface area (Å²) in [6.45, 7) is 5.41. The molecule has 0 atom stereocenters. The van der Waals surface area contributed by atoms with Crippen molar-refractivity contribution in [3.05, 3.63) is 11.1 Å². The van der Waals surface area contributed by atoms with Crippen molar-refractivity contribution in [2.45, 2.75) is 52.5 Å². The van der Waals surface area contributed by atoms with Crippen molar-refractivity contribution in [3.63, 3.8) is 0 Å². The molecule has 1 aromatic heterocycles. The van der Waals surface area contributed by atoms with Gasteiger partial charge >= 0.3 is 0 Å². The summed E-state index contributed by atoms with van der Waals surface area (Å²) < 4.78 is 2.08. The molecule has 0 spiro atoms. The first kappa shape index (κ1) is 10.9. The van der Waals surface area contributed by atoms with E-state index in [1.807, 2.05) is 0 Å². The molecule has 3 nitrogen and oxygen atoms in total. The highest BCUT2D eigenvalue weighted by atomic mass is 35.5. The molecule has 0 radical (unpaired) electrons. The maximum atomic E-state index is 6.05. The van der Waals surface area contributed by atoms with Crippen molar-refractivity contribution in [3.8, 4) is 0 Å². The summed E-state index contributed by atoms with van der Waals surface area (Å²) in [5, 5.41) is 8.57. The minimum Gasteiger partial charge on any atom is -0.301 e. The van der Waals surface area contributed by atoms with Crippen LogP contribution in [-0.4, -0.2) is 14.8 Å². The van der Waals surface area contributed by atoms with Gasteiger partial charge in [0.25, 0.3) is 0 Å². The Labute approximate surface area is 95.8 Å². The van der Waals surface area contributed by atoms with Crippen LogP contribution in [0, 0.1) is 5.41 Å². The molecule has 0 unspecified atom stereocenters. The monoisotopic (exact) mass is 227 g/mol. The van der Waals surface area contributed by atoms with Crippen LogP contribution in [0.1, 0.15) is 45.4 Å². The normalized spacial score (nSPS) is 19.7. The predicted octanol–water partition coefficient (Wildman–Crippen LogP) is 3.07. The smallest absolute Gasteiger partial charge is 0.225 e. The third kappa shape index (κ3) is 2.17. The Morgan fingerprint density at radius 3 is 2.60 bits per heavy atom. The molecule has 84 valence electrons. The van der Waals surface area contributed by atoms with Crippen LogP contribution in [0.25, 0.3) is 0 Å². The van der Waals surface area contributed by atoms with Crippen molar-refractivity contribution in [1.29, 1.82) is 0 Å². The summed E-state index contributed by atoms with van der Waals surface area (Å²) >= 11 is 6.05. The van der Waals surface area contributed by atoms with E-state index in [9.17, 15) is 0 Å². The van der Waals surface area contributed by atoms with Crippen LogP contribution in [0.5, 0.6) is 0 Å². The second kappa shape index (κ2) is 4.12. The summed E-state index contributed by atoms with van der Waals surface area (Å²) in [7, 11) is 0. The van der Waals surface area contributed by atoms with Gasteiger partial charge in [0.05, 0.1) is 0 Å². The Kier molecular flexibility index (Phi) is 3.01. The van der Waals surface area contributed by atoms with E-state index in [1.165, 1.54) is 25.7 Å². The average molecular weight is 228 g/mol. The largest absolute Gasteiger partial charge is 0.301 e. The lowest BCUT2D eigenvalue weighted by atomic mass is 9.89. The third-order valence-corrected chi connectivity index (χ3v) is 3.73. The Bertz CT molecular complexity index is 340. The van der Waals surface area contributed by atoms with Crippen LogP contribution in [0.3, 0.4) is 0 Å². The van der Waals surface area contributed by atoms with E-state index >= 15 is 0 Å². The highest BCUT2D eigenvalue weighted by Gasteiger charge is 2.30. The van der Waals surface area contributed by atoms with Gasteiger partial charge in [-0.3, -0.25) is 0 Å². The third-order valence-electron chi connectivity index (χ3n) is 3.45. The van der Waals surface area contributed by atoms with E-state index < -0.39 is 0 Å². The highest BCUT2D eigenvalue weighted by Crippen LogP contribution is 2.39. The van der Waals surface area contributed by atoms with E-state index in [0.29, 0.717) is 10.7 Å². The maximum Gasteiger partial charge on any atom is 0.225 e. The fourth-order valence-electron chi connectivity index (χ4n) is 2.50. The van der Waals surface area contributed by atoms with Gasteiger partial charge < -0.3 is 4.57 Å². The van der Waals surface area contributed by atoms with Gasteiger partial charge in [-0.1, -0.05) is 26.7 Å². The van der Waals surface area contributed by atoms with Gasteiger partial charge in [0, 0.05) is 13.0 Å². The van der Waals surface area contributed by atoms with Crippen molar-refractivity contribution < 1.29 is 0 Å². The number of hydrogen-bond acceptors (Lipinski definition) is 2. The molecule has 0 aliphatic heterocycles. The first-order chi connectivity index (χ1) is 7.14. The molecule has 1 aliphatic rings. The second-order valence-electron chi connectivity index (χ2n) is 4.84. The summed E-state index contributed by atoms with van der Waals surface area (Å²) in [6.07, 6.45) is 6.18. The zero-order valence-corrected chi connectivity index (χ0v) is 10.2. The summed E-state index contributed by atoms with van der Waals surface area (Å²) in [4.78, 5) is 0. The van der Waals surface area contributed by atoms with Gasteiger partial charge in [0.2, 0.25) is 5.28 Å². The Balaban J connectivity index is 2.18. The SMILES string of the molecule is CCc1nnc(Cl)n1CC1(C)CCCC1. The van der Waals surface area contributed by atoms with E-state index in [4.69, 9.17) is 11.6 Å². The van der Waals surface area contributed by atoms with Crippen LogP contribution in [-0.2, 0) is 13.0 Å². The molecule has 2 rings (SSSR count). The van der Waals surface area contributed by atoms with Gasteiger partial charge in [-0.05, 0) is 29.9 Å². The van der Waals surface area contributed by atoms with Gasteiger partial charge in [0.1, 0.15) is 5.82 Å². The molecular weight excluding hydrogens is 210 g/mol. The lowest BCUT2D eigenvalue weighted by Gasteiger charge is -2.24. The Morgan fingerprint density at radius 2 is 2.00 bits per heavy atom. The molecule has 0 saturated heterocycles. The Morgan fingerprint density at radius 1 is 1.33 bits per heavy atom. The van der Waals surface area contributed by atoms with Crippen LogP contribution in [0.2, 0.25) is 5.28 Å². The number of hydrogen-bond donors (Lipinski definition) is 0. The molecular formula is C11H18ClN3. The van der Waals surface area contributed by atoms with Gasteiger partial charge in [-0.15, -0.1) is 10.2 Å². The molecule has 4 heteroatoms. The van der Waals surface area contributed by atoms with Crippen molar-refractivity contribution >= 4 is 11.6 Å². The molecule has 0 amide bonds. The highest BCUT2D eigenvalue weighted by molar-refractivity contribution is 6.28. The number of rotatable bonds is 3. The Hall–Kier alpha value is -0.570. The van der Waals surface area contributed by atoms with E-state index in [-0.39, 0.29) is 0 Å². The fraction of sp³-hybridized carbons (Fsp3) is 0.818. The quantitative estimate of drug-likeness (QED) is 0.795. The molecule has 1 saturated carbocycles. The minimum absolute atomic E-state index is 0.399. The van der Waals surface area contributed by atoms with Crippen LogP contribution in [0.15, 0.2) is 0 Å². The van der Waals surface area contributed by atoms with E-state index in [1.54, 1.807) is 0 Å². The zero-order chi connectivity index (χ0) is 10.9. The fourth-order valence-corrected chi connectivity index (χ4v) is 2.70. The van der Waals surface area contributed by atoms with E-state index in [2.05, 4.69) is 28.6 Å². The molecule has 1 fully saturated rings. The van der Waals surface area contributed by atoms with E-state index in [0.717, 1.165) is 18.8 Å². The molecule has 1 aliphatic carbocycles. The number of aryl methyl sites for hydroxylation is 1. The summed E-state index contributed by atoms with van der Waals surface area (Å²) in [5.41, 5.74) is 0.399. The van der Waals surface area contributed by atoms with Crippen molar-refractivity contribution in [2.24, 2.45) is 5.41 Å². The standard InChI is InChI=1S/C11H18ClN3/c1-3-9-13-14-10(12)15(9)8-11(2)6-4-5-7-11/h3-8H2,1-2H3. The molecule has 0 bridgehead atoms. The summed E-state index contributed by atoms with van der Waals surface area (Å²) in [6, 6.07) is 0. The van der Waals surface area contributed by atoms with Crippen LogP contribution in [0.4, 0.5) is 0 Å². The molecule has 1 heterocycles. The summed E-state index contributed by atoms with van der Waals surface area (Å²) in [5.74, 6) is 1.01. The zero-order valence-electron chi connectivity index (χ0n) is 9.46. The van der Waals surface area contributed by atoms with Gasteiger partial charge in [0.15, 0.2) is 0 Å². The molecule has 1 aromatic rings. The lowest BCUT2D eigenvalue weighted by molar-refractivity contribution is 0.278. The second-order valence-corrected chi connectivity index (χ2v) is 5.18. The molecule has 0 N–H and O–H groups in total. The average Bonchev–Trinajstić information content (AvgIpc) is 2.76. The van der Waals surface area contributed by atoms with Gasteiger partial charge in [-0.25, -0.2) is 0 Å². The minimum atomic E-state index is 0.399. The van der Waals surface area contributed by atoms with Crippen LogP contribution < -0.4 is 0 Å². The topological polar surface area (TPSA) is 30.7 Å². The predicted molar refractivity (Wildman–Crippen MR) is 61.0 cm³/mol. The van der Waals surface area contributed by atoms with Crippen molar-refractivity contribution in [2.75, 3.05) is 0 Å². The van der Waals surface area contributed by atoms with Crippen molar-refractivity contribution in [1.82, 2.24) is 14.8 Å². The lowest BCUT2D eigenvalue weighted by Crippen LogP contribution is -2.21.